The Morgan fingerprint density at radius 1 is 1.50 bits per heavy atom. The van der Waals surface area contributed by atoms with Gasteiger partial charge in [0.15, 0.2) is 5.13 Å². The van der Waals surface area contributed by atoms with Crippen molar-refractivity contribution in [2.75, 3.05) is 18.5 Å². The molecule has 0 fully saturated rings. The van der Waals surface area contributed by atoms with Crippen molar-refractivity contribution in [1.29, 1.82) is 0 Å². The molecule has 0 aliphatic rings. The lowest BCUT2D eigenvalue weighted by Gasteiger charge is -2.08. The molecule has 1 aromatic rings. The van der Waals surface area contributed by atoms with E-state index in [0.29, 0.717) is 5.13 Å². The number of rotatable bonds is 7. The van der Waals surface area contributed by atoms with Gasteiger partial charge in [0.25, 0.3) is 5.91 Å². The highest BCUT2D eigenvalue weighted by molar-refractivity contribution is 7.13. The molecule has 0 radical (unpaired) electrons. The molecular weight excluding hydrogens is 250 g/mol. The van der Waals surface area contributed by atoms with Crippen LogP contribution >= 0.6 is 11.3 Å². The first kappa shape index (κ1) is 15.1. The molecular formula is C12H21N3O2S. The van der Waals surface area contributed by atoms with E-state index >= 15 is 0 Å². The second-order valence-electron chi connectivity index (χ2n) is 4.26. The van der Waals surface area contributed by atoms with Gasteiger partial charge in [-0.1, -0.05) is 6.92 Å². The van der Waals surface area contributed by atoms with Gasteiger partial charge in [-0.25, -0.2) is 4.98 Å². The predicted octanol–water partition coefficient (Wildman–Crippen LogP) is 2.18. The van der Waals surface area contributed by atoms with Crippen molar-refractivity contribution in [3.63, 3.8) is 0 Å². The van der Waals surface area contributed by atoms with Gasteiger partial charge in [0.2, 0.25) is 0 Å². The first-order chi connectivity index (χ1) is 8.52. The van der Waals surface area contributed by atoms with Crippen molar-refractivity contribution in [3.05, 3.63) is 11.1 Å². The summed E-state index contributed by atoms with van der Waals surface area (Å²) in [5.74, 6) is -0.166. The van der Waals surface area contributed by atoms with Gasteiger partial charge in [-0.2, -0.15) is 0 Å². The third kappa shape index (κ3) is 5.12. The molecule has 6 heteroatoms. The molecule has 0 bridgehead atoms. The summed E-state index contributed by atoms with van der Waals surface area (Å²) >= 11 is 1.43. The molecule has 1 atom stereocenters. The van der Waals surface area contributed by atoms with Crippen LogP contribution in [0.4, 0.5) is 5.13 Å². The van der Waals surface area contributed by atoms with Crippen LogP contribution in [0.1, 0.15) is 39.4 Å². The van der Waals surface area contributed by atoms with E-state index in [0.717, 1.165) is 12.2 Å². The van der Waals surface area contributed by atoms with Crippen molar-refractivity contribution in [2.45, 2.75) is 39.8 Å². The van der Waals surface area contributed by atoms with Crippen LogP contribution in [0.3, 0.4) is 0 Å². The Morgan fingerprint density at radius 3 is 2.83 bits per heavy atom. The summed E-state index contributed by atoms with van der Waals surface area (Å²) in [5, 5.41) is 8.57. The number of thiazole rings is 1. The van der Waals surface area contributed by atoms with Gasteiger partial charge in [-0.3, -0.25) is 10.1 Å². The maximum absolute atomic E-state index is 11.5. The fourth-order valence-electron chi connectivity index (χ4n) is 1.35. The summed E-state index contributed by atoms with van der Waals surface area (Å²) in [7, 11) is 0. The minimum absolute atomic E-state index is 0.0522. The minimum Gasteiger partial charge on any atom is -0.369 e. The fraction of sp³-hybridized carbons (Fsp3) is 0.667. The van der Waals surface area contributed by atoms with Crippen LogP contribution in [-0.4, -0.2) is 30.1 Å². The summed E-state index contributed by atoms with van der Waals surface area (Å²) < 4.78 is 5.22. The summed E-state index contributed by atoms with van der Waals surface area (Å²) in [4.78, 5) is 15.9. The number of anilines is 1. The van der Waals surface area contributed by atoms with Crippen LogP contribution < -0.4 is 10.6 Å². The lowest BCUT2D eigenvalue weighted by Crippen LogP contribution is -2.21. The number of hydrogen-bond donors (Lipinski definition) is 2. The Balaban J connectivity index is 2.46. The molecule has 5 nitrogen and oxygen atoms in total. The van der Waals surface area contributed by atoms with Gasteiger partial charge in [0.1, 0.15) is 6.61 Å². The molecule has 18 heavy (non-hydrogen) atoms. The summed E-state index contributed by atoms with van der Waals surface area (Å²) in [6, 6.07) is 0.198. The molecule has 2 N–H and O–H groups in total. The van der Waals surface area contributed by atoms with E-state index in [1.807, 2.05) is 26.2 Å². The molecule has 0 aliphatic carbocycles. The van der Waals surface area contributed by atoms with E-state index in [-0.39, 0.29) is 24.7 Å². The van der Waals surface area contributed by atoms with Crippen LogP contribution in [0.15, 0.2) is 5.38 Å². The number of nitrogens with zero attached hydrogens (tertiary/aromatic N) is 1. The van der Waals surface area contributed by atoms with E-state index in [1.165, 1.54) is 11.3 Å². The zero-order valence-corrected chi connectivity index (χ0v) is 12.1. The second-order valence-corrected chi connectivity index (χ2v) is 5.12. The van der Waals surface area contributed by atoms with Crippen LogP contribution in [0.25, 0.3) is 0 Å². The Hall–Kier alpha value is -0.980. The molecule has 102 valence electrons. The molecule has 1 aromatic heterocycles. The molecule has 0 saturated heterocycles. The Labute approximate surface area is 112 Å². The zero-order chi connectivity index (χ0) is 13.5. The van der Waals surface area contributed by atoms with Crippen LogP contribution in [-0.2, 0) is 9.53 Å². The maximum Gasteiger partial charge on any atom is 0.252 e. The van der Waals surface area contributed by atoms with Gasteiger partial charge >= 0.3 is 0 Å². The molecule has 1 rings (SSSR count). The molecule has 1 heterocycles. The van der Waals surface area contributed by atoms with E-state index < -0.39 is 0 Å². The number of carbonyl (C=O) groups excluding carboxylic acids is 1. The third-order valence-electron chi connectivity index (χ3n) is 2.27. The van der Waals surface area contributed by atoms with Gasteiger partial charge in [0.05, 0.1) is 11.8 Å². The Morgan fingerprint density at radius 2 is 2.22 bits per heavy atom. The normalized spacial score (nSPS) is 12.7. The number of amides is 1. The SMILES string of the molecule is CCNC(C)c1csc(NC(=O)COC(C)C)n1. The number of carbonyl (C=O) groups is 1. The Bertz CT molecular complexity index is 379. The van der Waals surface area contributed by atoms with Crippen LogP contribution in [0, 0.1) is 0 Å². The van der Waals surface area contributed by atoms with E-state index in [4.69, 9.17) is 4.74 Å². The van der Waals surface area contributed by atoms with Gasteiger partial charge in [-0.15, -0.1) is 11.3 Å². The quantitative estimate of drug-likeness (QED) is 0.798. The predicted molar refractivity (Wildman–Crippen MR) is 73.9 cm³/mol. The largest absolute Gasteiger partial charge is 0.369 e. The van der Waals surface area contributed by atoms with Crippen LogP contribution in [0.5, 0.6) is 0 Å². The van der Waals surface area contributed by atoms with Gasteiger partial charge in [-0.05, 0) is 27.3 Å². The third-order valence-corrected chi connectivity index (χ3v) is 3.05. The monoisotopic (exact) mass is 271 g/mol. The molecule has 1 amide bonds. The zero-order valence-electron chi connectivity index (χ0n) is 11.3. The van der Waals surface area contributed by atoms with Crippen molar-refractivity contribution in [2.24, 2.45) is 0 Å². The lowest BCUT2D eigenvalue weighted by molar-refractivity contribution is -0.121. The number of nitrogens with one attached hydrogen (secondary N) is 2. The van der Waals surface area contributed by atoms with Crippen molar-refractivity contribution < 1.29 is 9.53 Å². The fourth-order valence-corrected chi connectivity index (χ4v) is 2.17. The van der Waals surface area contributed by atoms with Crippen LogP contribution in [0.2, 0.25) is 0 Å². The summed E-state index contributed by atoms with van der Waals surface area (Å²) in [6.45, 7) is 8.85. The molecule has 0 spiro atoms. The van der Waals surface area contributed by atoms with E-state index in [9.17, 15) is 4.79 Å². The van der Waals surface area contributed by atoms with E-state index in [1.54, 1.807) is 0 Å². The standard InChI is InChI=1S/C12H21N3O2S/c1-5-13-9(4)10-7-18-12(14-10)15-11(16)6-17-8(2)3/h7-9,13H,5-6H2,1-4H3,(H,14,15,16). The first-order valence-electron chi connectivity index (χ1n) is 6.13. The van der Waals surface area contributed by atoms with Crippen molar-refractivity contribution in [1.82, 2.24) is 10.3 Å². The average molecular weight is 271 g/mol. The maximum atomic E-state index is 11.5. The van der Waals surface area contributed by atoms with Gasteiger partial charge in [0, 0.05) is 11.4 Å². The van der Waals surface area contributed by atoms with E-state index in [2.05, 4.69) is 22.5 Å². The molecule has 0 aromatic carbocycles. The van der Waals surface area contributed by atoms with Gasteiger partial charge < -0.3 is 10.1 Å². The molecule has 0 saturated carbocycles. The number of ether oxygens (including phenoxy) is 1. The molecule has 1 unspecified atom stereocenters. The van der Waals surface area contributed by atoms with Crippen molar-refractivity contribution >= 4 is 22.4 Å². The molecule has 0 aliphatic heterocycles. The number of aromatic nitrogens is 1. The Kier molecular flexibility index (Phi) is 6.24. The van der Waals surface area contributed by atoms with Crippen molar-refractivity contribution in [3.8, 4) is 0 Å². The highest BCUT2D eigenvalue weighted by Gasteiger charge is 2.11. The number of hydrogen-bond acceptors (Lipinski definition) is 5. The summed E-state index contributed by atoms with van der Waals surface area (Å²) in [6.07, 6.45) is 0.0522. The minimum atomic E-state index is -0.166. The second kappa shape index (κ2) is 7.45. The summed E-state index contributed by atoms with van der Waals surface area (Å²) in [5.41, 5.74) is 0.946. The smallest absolute Gasteiger partial charge is 0.252 e. The topological polar surface area (TPSA) is 63.2 Å². The lowest BCUT2D eigenvalue weighted by atomic mass is 10.3. The highest BCUT2D eigenvalue weighted by atomic mass is 32.1. The average Bonchev–Trinajstić information content (AvgIpc) is 2.75. The highest BCUT2D eigenvalue weighted by Crippen LogP contribution is 2.20. The first-order valence-corrected chi connectivity index (χ1v) is 7.01.